The number of aliphatic hydroxyl groups is 1. The van der Waals surface area contributed by atoms with Crippen molar-refractivity contribution in [3.8, 4) is 0 Å². The maximum atomic E-state index is 12.5. The minimum atomic E-state index is -0.737. The third-order valence-corrected chi connectivity index (χ3v) is 4.11. The summed E-state index contributed by atoms with van der Waals surface area (Å²) in [7, 11) is 0. The second-order valence-corrected chi connectivity index (χ2v) is 7.83. The van der Waals surface area contributed by atoms with Gasteiger partial charge in [-0.15, -0.1) is 0 Å². The minimum Gasteiger partial charge on any atom is -0.387 e. The SMILES string of the molecule is Cc1ccc([C@H](O)CNC(=O)c2cc(C(C)C)n(C(C)(C)C)n2)cc1. The molecule has 0 saturated carbocycles. The zero-order valence-electron chi connectivity index (χ0n) is 16.0. The Bertz CT molecular complexity index is 724. The lowest BCUT2D eigenvalue weighted by Crippen LogP contribution is -2.30. The summed E-state index contributed by atoms with van der Waals surface area (Å²) in [6, 6.07) is 9.47. The topological polar surface area (TPSA) is 67.2 Å². The van der Waals surface area contributed by atoms with Crippen molar-refractivity contribution in [2.75, 3.05) is 6.54 Å². The quantitative estimate of drug-likeness (QED) is 0.873. The Kier molecular flexibility index (Phi) is 5.68. The van der Waals surface area contributed by atoms with Crippen LogP contribution in [0.4, 0.5) is 0 Å². The first-order chi connectivity index (χ1) is 11.6. The number of nitrogens with zero attached hydrogens (tertiary/aromatic N) is 2. The molecule has 0 spiro atoms. The molecule has 0 aliphatic rings. The van der Waals surface area contributed by atoms with Gasteiger partial charge in [-0.2, -0.15) is 5.10 Å². The molecule has 2 aromatic rings. The molecule has 0 bridgehead atoms. The van der Waals surface area contributed by atoms with E-state index in [2.05, 4.69) is 45.0 Å². The highest BCUT2D eigenvalue weighted by Crippen LogP contribution is 2.23. The number of rotatable bonds is 5. The van der Waals surface area contributed by atoms with E-state index in [1.807, 2.05) is 41.9 Å². The molecule has 1 aromatic heterocycles. The molecule has 1 atom stereocenters. The van der Waals surface area contributed by atoms with Crippen LogP contribution in [0.5, 0.6) is 0 Å². The summed E-state index contributed by atoms with van der Waals surface area (Å²) >= 11 is 0. The average molecular weight is 343 g/mol. The van der Waals surface area contributed by atoms with Crippen LogP contribution in [0.1, 0.15) is 73.9 Å². The minimum absolute atomic E-state index is 0.154. The van der Waals surface area contributed by atoms with Crippen molar-refractivity contribution in [2.45, 2.75) is 59.1 Å². The van der Waals surface area contributed by atoms with Gasteiger partial charge in [0.2, 0.25) is 0 Å². The fourth-order valence-corrected chi connectivity index (χ4v) is 2.64. The van der Waals surface area contributed by atoms with E-state index < -0.39 is 6.10 Å². The number of hydrogen-bond donors (Lipinski definition) is 2. The zero-order valence-corrected chi connectivity index (χ0v) is 16.0. The van der Waals surface area contributed by atoms with Crippen LogP contribution in [0.15, 0.2) is 30.3 Å². The van der Waals surface area contributed by atoms with E-state index in [1.54, 1.807) is 0 Å². The normalized spacial score (nSPS) is 13.1. The van der Waals surface area contributed by atoms with Crippen LogP contribution in [0, 0.1) is 6.92 Å². The Morgan fingerprint density at radius 3 is 2.32 bits per heavy atom. The summed E-state index contributed by atoms with van der Waals surface area (Å²) in [6.07, 6.45) is -0.737. The summed E-state index contributed by atoms with van der Waals surface area (Å²) in [6.45, 7) is 12.5. The molecule has 0 saturated heterocycles. The van der Waals surface area contributed by atoms with Gasteiger partial charge in [0.05, 0.1) is 11.6 Å². The summed E-state index contributed by atoms with van der Waals surface area (Å²) in [5.41, 5.74) is 3.13. The molecular formula is C20H29N3O2. The maximum Gasteiger partial charge on any atom is 0.271 e. The predicted octanol–water partition coefficient (Wildman–Crippen LogP) is 3.53. The van der Waals surface area contributed by atoms with Crippen molar-refractivity contribution >= 4 is 5.91 Å². The molecule has 5 nitrogen and oxygen atoms in total. The van der Waals surface area contributed by atoms with Crippen molar-refractivity contribution in [1.82, 2.24) is 15.1 Å². The van der Waals surface area contributed by atoms with Crippen molar-refractivity contribution in [1.29, 1.82) is 0 Å². The largest absolute Gasteiger partial charge is 0.387 e. The Hall–Kier alpha value is -2.14. The highest BCUT2D eigenvalue weighted by molar-refractivity contribution is 5.92. The van der Waals surface area contributed by atoms with Crippen molar-refractivity contribution in [3.05, 3.63) is 52.8 Å². The van der Waals surface area contributed by atoms with Gasteiger partial charge in [-0.1, -0.05) is 43.7 Å². The second-order valence-electron chi connectivity index (χ2n) is 7.83. The van der Waals surface area contributed by atoms with Gasteiger partial charge in [0.15, 0.2) is 0 Å². The Balaban J connectivity index is 2.09. The van der Waals surface area contributed by atoms with Gasteiger partial charge >= 0.3 is 0 Å². The van der Waals surface area contributed by atoms with Gasteiger partial charge in [0.25, 0.3) is 5.91 Å². The molecule has 0 aliphatic heterocycles. The lowest BCUT2D eigenvalue weighted by molar-refractivity contribution is 0.0909. The molecule has 0 aliphatic carbocycles. The van der Waals surface area contributed by atoms with Crippen LogP contribution in [0.2, 0.25) is 0 Å². The summed E-state index contributed by atoms with van der Waals surface area (Å²) in [5.74, 6) is 0.00230. The zero-order chi connectivity index (χ0) is 18.8. The maximum absolute atomic E-state index is 12.5. The summed E-state index contributed by atoms with van der Waals surface area (Å²) in [5, 5.41) is 17.5. The second kappa shape index (κ2) is 7.40. The standard InChI is InChI=1S/C20H29N3O2/c1-13(2)17-11-16(22-23(17)20(4,5)6)19(25)21-12-18(24)15-9-7-14(3)8-10-15/h7-11,13,18,24H,12H2,1-6H3,(H,21,25)/t18-/m1/s1. The van der Waals surface area contributed by atoms with Gasteiger partial charge in [-0.05, 0) is 45.2 Å². The number of hydrogen-bond acceptors (Lipinski definition) is 3. The molecule has 1 heterocycles. The van der Waals surface area contributed by atoms with E-state index in [0.29, 0.717) is 5.69 Å². The van der Waals surface area contributed by atoms with Crippen molar-refractivity contribution in [2.24, 2.45) is 0 Å². The van der Waals surface area contributed by atoms with E-state index in [-0.39, 0.29) is 23.9 Å². The number of amides is 1. The van der Waals surface area contributed by atoms with Crippen molar-refractivity contribution < 1.29 is 9.90 Å². The monoisotopic (exact) mass is 343 g/mol. The van der Waals surface area contributed by atoms with E-state index >= 15 is 0 Å². The molecule has 25 heavy (non-hydrogen) atoms. The van der Waals surface area contributed by atoms with E-state index in [4.69, 9.17) is 0 Å². The van der Waals surface area contributed by atoms with Crippen LogP contribution in [0.3, 0.4) is 0 Å². The molecule has 1 aromatic carbocycles. The molecule has 2 N–H and O–H groups in total. The van der Waals surface area contributed by atoms with E-state index in [0.717, 1.165) is 16.8 Å². The van der Waals surface area contributed by atoms with Crippen molar-refractivity contribution in [3.63, 3.8) is 0 Å². The summed E-state index contributed by atoms with van der Waals surface area (Å²) < 4.78 is 1.91. The highest BCUT2D eigenvalue weighted by atomic mass is 16.3. The molecule has 1 amide bonds. The number of aryl methyl sites for hydroxylation is 1. The fourth-order valence-electron chi connectivity index (χ4n) is 2.64. The van der Waals surface area contributed by atoms with Crippen LogP contribution >= 0.6 is 0 Å². The number of benzene rings is 1. The number of nitrogens with one attached hydrogen (secondary N) is 1. The van der Waals surface area contributed by atoms with E-state index in [9.17, 15) is 9.90 Å². The number of carbonyl (C=O) groups excluding carboxylic acids is 1. The first-order valence-corrected chi connectivity index (χ1v) is 8.73. The number of aliphatic hydroxyl groups excluding tert-OH is 1. The molecule has 0 unspecified atom stereocenters. The van der Waals surface area contributed by atoms with Crippen LogP contribution in [-0.2, 0) is 5.54 Å². The number of aromatic nitrogens is 2. The van der Waals surface area contributed by atoms with Crippen LogP contribution in [0.25, 0.3) is 0 Å². The molecule has 0 fully saturated rings. The fraction of sp³-hybridized carbons (Fsp3) is 0.500. The Morgan fingerprint density at radius 1 is 1.24 bits per heavy atom. The van der Waals surface area contributed by atoms with Crippen LogP contribution in [-0.4, -0.2) is 27.3 Å². The third-order valence-electron chi connectivity index (χ3n) is 4.11. The third kappa shape index (κ3) is 4.69. The first kappa shape index (κ1) is 19.2. The predicted molar refractivity (Wildman–Crippen MR) is 99.8 cm³/mol. The highest BCUT2D eigenvalue weighted by Gasteiger charge is 2.23. The first-order valence-electron chi connectivity index (χ1n) is 8.73. The van der Waals surface area contributed by atoms with Gasteiger partial charge in [-0.3, -0.25) is 9.48 Å². The molecular weight excluding hydrogens is 314 g/mol. The Labute approximate surface area is 150 Å². The molecule has 136 valence electrons. The average Bonchev–Trinajstić information content (AvgIpc) is 2.99. The molecule has 2 rings (SSSR count). The smallest absolute Gasteiger partial charge is 0.271 e. The van der Waals surface area contributed by atoms with Gasteiger partial charge < -0.3 is 10.4 Å². The number of carbonyl (C=O) groups is 1. The van der Waals surface area contributed by atoms with E-state index in [1.165, 1.54) is 0 Å². The van der Waals surface area contributed by atoms with Gasteiger partial charge in [0.1, 0.15) is 5.69 Å². The molecule has 0 radical (unpaired) electrons. The van der Waals surface area contributed by atoms with Gasteiger partial charge in [-0.25, -0.2) is 0 Å². The lowest BCUT2D eigenvalue weighted by atomic mass is 10.1. The summed E-state index contributed by atoms with van der Waals surface area (Å²) in [4.78, 5) is 12.5. The lowest BCUT2D eigenvalue weighted by Gasteiger charge is -2.23. The molecule has 5 heteroatoms. The Morgan fingerprint density at radius 2 is 1.84 bits per heavy atom. The van der Waals surface area contributed by atoms with Crippen LogP contribution < -0.4 is 5.32 Å². The van der Waals surface area contributed by atoms with Gasteiger partial charge in [0, 0.05) is 12.2 Å².